The standard InChI is InChI=1S/C23H25NO4S/c1-5-27-20-12-18(10-11-19(20)28-15(2)3)13-21-22(25)24(23(26)29-21)14-17-8-6-16(4)7-9-17/h6-13,15H,5,14H2,1-4H3/b21-13-. The highest BCUT2D eigenvalue weighted by Crippen LogP contribution is 2.35. The molecule has 1 heterocycles. The Morgan fingerprint density at radius 1 is 1.07 bits per heavy atom. The molecule has 0 bridgehead atoms. The van der Waals surface area contributed by atoms with Gasteiger partial charge in [0.15, 0.2) is 11.5 Å². The first-order valence-corrected chi connectivity index (χ1v) is 10.4. The Hall–Kier alpha value is -2.73. The van der Waals surface area contributed by atoms with E-state index in [1.54, 1.807) is 6.08 Å². The third-order valence-corrected chi connectivity index (χ3v) is 5.17. The summed E-state index contributed by atoms with van der Waals surface area (Å²) >= 11 is 0.960. The third-order valence-electron chi connectivity index (χ3n) is 4.26. The molecule has 1 saturated heterocycles. The zero-order chi connectivity index (χ0) is 21.0. The number of hydrogen-bond donors (Lipinski definition) is 0. The first-order chi connectivity index (χ1) is 13.9. The molecule has 0 radical (unpaired) electrons. The minimum atomic E-state index is -0.277. The van der Waals surface area contributed by atoms with Gasteiger partial charge in [-0.1, -0.05) is 35.9 Å². The van der Waals surface area contributed by atoms with E-state index in [9.17, 15) is 9.59 Å². The lowest BCUT2D eigenvalue weighted by Gasteiger charge is -2.15. The number of ether oxygens (including phenoxy) is 2. The molecule has 0 aliphatic carbocycles. The number of carbonyl (C=O) groups excluding carboxylic acids is 2. The van der Waals surface area contributed by atoms with Crippen molar-refractivity contribution in [1.29, 1.82) is 0 Å². The molecule has 0 spiro atoms. The van der Waals surface area contributed by atoms with Gasteiger partial charge in [0.25, 0.3) is 11.1 Å². The Bertz CT molecular complexity index is 934. The molecule has 0 N–H and O–H groups in total. The largest absolute Gasteiger partial charge is 0.490 e. The number of amides is 2. The van der Waals surface area contributed by atoms with Crippen molar-refractivity contribution >= 4 is 29.0 Å². The summed E-state index contributed by atoms with van der Waals surface area (Å²) in [5.41, 5.74) is 2.84. The van der Waals surface area contributed by atoms with Crippen molar-refractivity contribution < 1.29 is 19.1 Å². The summed E-state index contributed by atoms with van der Waals surface area (Å²) in [6.07, 6.45) is 1.75. The SMILES string of the molecule is CCOc1cc(/C=C2\SC(=O)N(Cc3ccc(C)cc3)C2=O)ccc1OC(C)C. The van der Waals surface area contributed by atoms with E-state index in [1.807, 2.05) is 70.2 Å². The zero-order valence-corrected chi connectivity index (χ0v) is 17.9. The molecule has 0 atom stereocenters. The highest BCUT2D eigenvalue weighted by Gasteiger charge is 2.35. The van der Waals surface area contributed by atoms with Crippen molar-refractivity contribution in [3.05, 3.63) is 64.1 Å². The van der Waals surface area contributed by atoms with Crippen LogP contribution in [0.15, 0.2) is 47.4 Å². The molecule has 29 heavy (non-hydrogen) atoms. The molecule has 6 heteroatoms. The second kappa shape index (κ2) is 9.18. The van der Waals surface area contributed by atoms with Crippen LogP contribution >= 0.6 is 11.8 Å². The van der Waals surface area contributed by atoms with E-state index < -0.39 is 0 Å². The highest BCUT2D eigenvalue weighted by atomic mass is 32.2. The van der Waals surface area contributed by atoms with Gasteiger partial charge in [0, 0.05) is 0 Å². The maximum absolute atomic E-state index is 12.8. The summed E-state index contributed by atoms with van der Waals surface area (Å²) in [6, 6.07) is 13.3. The second-order valence-electron chi connectivity index (χ2n) is 7.06. The molecule has 0 unspecified atom stereocenters. The second-order valence-corrected chi connectivity index (χ2v) is 8.05. The minimum absolute atomic E-state index is 0.0262. The van der Waals surface area contributed by atoms with Crippen LogP contribution in [0.5, 0.6) is 11.5 Å². The number of thioether (sulfide) groups is 1. The Morgan fingerprint density at radius 2 is 1.79 bits per heavy atom. The van der Waals surface area contributed by atoms with Crippen LogP contribution in [-0.4, -0.2) is 28.8 Å². The van der Waals surface area contributed by atoms with Crippen LogP contribution in [0.4, 0.5) is 4.79 Å². The molecule has 0 aromatic heterocycles. The van der Waals surface area contributed by atoms with Gasteiger partial charge in [-0.25, -0.2) is 0 Å². The quantitative estimate of drug-likeness (QED) is 0.570. The molecule has 5 nitrogen and oxygen atoms in total. The van der Waals surface area contributed by atoms with Gasteiger partial charge in [0.05, 0.1) is 24.2 Å². The van der Waals surface area contributed by atoms with E-state index >= 15 is 0 Å². The third kappa shape index (κ3) is 5.21. The smallest absolute Gasteiger partial charge is 0.293 e. The van der Waals surface area contributed by atoms with Crippen LogP contribution in [0, 0.1) is 6.92 Å². The van der Waals surface area contributed by atoms with E-state index in [4.69, 9.17) is 9.47 Å². The molecule has 2 aromatic carbocycles. The van der Waals surface area contributed by atoms with Crippen LogP contribution in [0.1, 0.15) is 37.5 Å². The van der Waals surface area contributed by atoms with E-state index in [0.29, 0.717) is 23.0 Å². The van der Waals surface area contributed by atoms with E-state index in [1.165, 1.54) is 4.90 Å². The number of imide groups is 1. The van der Waals surface area contributed by atoms with Gasteiger partial charge in [0.2, 0.25) is 0 Å². The Balaban J connectivity index is 1.81. The van der Waals surface area contributed by atoms with E-state index in [0.717, 1.165) is 28.5 Å². The highest BCUT2D eigenvalue weighted by molar-refractivity contribution is 8.18. The number of benzene rings is 2. The predicted octanol–water partition coefficient (Wildman–Crippen LogP) is 5.42. The fraction of sp³-hybridized carbons (Fsp3) is 0.304. The molecule has 0 saturated carbocycles. The summed E-state index contributed by atoms with van der Waals surface area (Å²) in [5.74, 6) is 1.00. The van der Waals surface area contributed by atoms with Crippen molar-refractivity contribution in [3.8, 4) is 11.5 Å². The maximum Gasteiger partial charge on any atom is 0.293 e. The number of aryl methyl sites for hydroxylation is 1. The first-order valence-electron chi connectivity index (χ1n) is 9.61. The topological polar surface area (TPSA) is 55.8 Å². The number of carbonyl (C=O) groups is 2. The number of hydrogen-bond acceptors (Lipinski definition) is 5. The van der Waals surface area contributed by atoms with Gasteiger partial charge in [-0.3, -0.25) is 14.5 Å². The van der Waals surface area contributed by atoms with Crippen LogP contribution < -0.4 is 9.47 Å². The predicted molar refractivity (Wildman–Crippen MR) is 116 cm³/mol. The van der Waals surface area contributed by atoms with Gasteiger partial charge in [-0.05, 0) is 68.8 Å². The Labute approximate surface area is 175 Å². The average molecular weight is 412 g/mol. The molecule has 2 amide bonds. The monoisotopic (exact) mass is 411 g/mol. The molecular formula is C23H25NO4S. The van der Waals surface area contributed by atoms with Gasteiger partial charge in [-0.15, -0.1) is 0 Å². The Kier molecular flexibility index (Phi) is 6.64. The Morgan fingerprint density at radius 3 is 2.45 bits per heavy atom. The molecule has 3 rings (SSSR count). The van der Waals surface area contributed by atoms with Crippen LogP contribution in [0.25, 0.3) is 6.08 Å². The number of nitrogens with zero attached hydrogens (tertiary/aromatic N) is 1. The first kappa shape index (κ1) is 21.0. The fourth-order valence-corrected chi connectivity index (χ4v) is 3.74. The normalized spacial score (nSPS) is 15.5. The van der Waals surface area contributed by atoms with Crippen LogP contribution in [0.3, 0.4) is 0 Å². The fourth-order valence-electron chi connectivity index (χ4n) is 2.90. The lowest BCUT2D eigenvalue weighted by Crippen LogP contribution is -2.27. The lowest BCUT2D eigenvalue weighted by atomic mass is 10.1. The molecular weight excluding hydrogens is 386 g/mol. The number of rotatable bonds is 7. The van der Waals surface area contributed by atoms with Crippen molar-refractivity contribution in [2.75, 3.05) is 6.61 Å². The maximum atomic E-state index is 12.8. The molecule has 1 fully saturated rings. The lowest BCUT2D eigenvalue weighted by molar-refractivity contribution is -0.123. The molecule has 2 aromatic rings. The summed E-state index contributed by atoms with van der Waals surface area (Å²) in [5, 5.41) is -0.258. The summed E-state index contributed by atoms with van der Waals surface area (Å²) in [4.78, 5) is 26.8. The van der Waals surface area contributed by atoms with E-state index in [2.05, 4.69) is 0 Å². The molecule has 1 aliphatic heterocycles. The van der Waals surface area contributed by atoms with Crippen molar-refractivity contribution in [3.63, 3.8) is 0 Å². The summed E-state index contributed by atoms with van der Waals surface area (Å²) in [7, 11) is 0. The van der Waals surface area contributed by atoms with Gasteiger partial charge in [0.1, 0.15) is 0 Å². The van der Waals surface area contributed by atoms with Crippen LogP contribution in [-0.2, 0) is 11.3 Å². The van der Waals surface area contributed by atoms with Crippen molar-refractivity contribution in [1.82, 2.24) is 4.90 Å². The zero-order valence-electron chi connectivity index (χ0n) is 17.1. The molecule has 152 valence electrons. The van der Waals surface area contributed by atoms with Crippen molar-refractivity contribution in [2.45, 2.75) is 40.3 Å². The molecule has 1 aliphatic rings. The minimum Gasteiger partial charge on any atom is -0.490 e. The van der Waals surface area contributed by atoms with Crippen LogP contribution in [0.2, 0.25) is 0 Å². The van der Waals surface area contributed by atoms with Gasteiger partial charge >= 0.3 is 0 Å². The van der Waals surface area contributed by atoms with E-state index in [-0.39, 0.29) is 23.8 Å². The van der Waals surface area contributed by atoms with Crippen molar-refractivity contribution in [2.24, 2.45) is 0 Å². The summed E-state index contributed by atoms with van der Waals surface area (Å²) in [6.45, 7) is 8.59. The van der Waals surface area contributed by atoms with Gasteiger partial charge in [-0.2, -0.15) is 0 Å². The summed E-state index contributed by atoms with van der Waals surface area (Å²) < 4.78 is 11.5. The average Bonchev–Trinajstić information content (AvgIpc) is 2.93. The van der Waals surface area contributed by atoms with Gasteiger partial charge < -0.3 is 9.47 Å².